The van der Waals surface area contributed by atoms with Crippen molar-refractivity contribution in [2.75, 3.05) is 19.0 Å². The van der Waals surface area contributed by atoms with E-state index in [4.69, 9.17) is 16.3 Å². The molecule has 0 aliphatic rings. The van der Waals surface area contributed by atoms with Crippen LogP contribution in [0.5, 0.6) is 0 Å². The second kappa shape index (κ2) is 8.18. The molecule has 1 unspecified atom stereocenters. The fourth-order valence-corrected chi connectivity index (χ4v) is 2.36. The zero-order valence-corrected chi connectivity index (χ0v) is 13.1. The summed E-state index contributed by atoms with van der Waals surface area (Å²) in [7, 11) is 1.53. The zero-order chi connectivity index (χ0) is 15.1. The largest absolute Gasteiger partial charge is 0.383 e. The van der Waals surface area contributed by atoms with Gasteiger partial charge in [-0.2, -0.15) is 0 Å². The number of nitro groups is 1. The van der Waals surface area contributed by atoms with Gasteiger partial charge in [0, 0.05) is 23.5 Å². The van der Waals surface area contributed by atoms with Crippen LogP contribution in [-0.4, -0.2) is 35.9 Å². The van der Waals surface area contributed by atoms with Crippen molar-refractivity contribution in [3.05, 3.63) is 38.9 Å². The Bertz CT molecular complexity index is 492. The lowest BCUT2D eigenvalue weighted by atomic mass is 10.1. The summed E-state index contributed by atoms with van der Waals surface area (Å²) in [5.74, 6) is -0.517. The van der Waals surface area contributed by atoms with Crippen LogP contribution in [0.1, 0.15) is 16.8 Å². The van der Waals surface area contributed by atoms with Crippen LogP contribution in [0.4, 0.5) is 5.69 Å². The van der Waals surface area contributed by atoms with Crippen molar-refractivity contribution in [2.24, 2.45) is 0 Å². The van der Waals surface area contributed by atoms with Gasteiger partial charge in [-0.05, 0) is 18.6 Å². The monoisotopic (exact) mass is 364 g/mol. The molecule has 0 saturated carbocycles. The molecule has 8 heteroatoms. The number of hydrogen-bond acceptors (Lipinski definition) is 4. The SMILES string of the molecule is COCC(CCBr)NC(=O)c1ccc(Cl)cc1[N+](=O)[O-]. The van der Waals surface area contributed by atoms with E-state index in [-0.39, 0.29) is 22.3 Å². The van der Waals surface area contributed by atoms with E-state index in [0.717, 1.165) is 6.07 Å². The maximum atomic E-state index is 12.1. The van der Waals surface area contributed by atoms with Crippen molar-refractivity contribution in [1.82, 2.24) is 5.32 Å². The van der Waals surface area contributed by atoms with Gasteiger partial charge in [-0.1, -0.05) is 27.5 Å². The lowest BCUT2D eigenvalue weighted by Crippen LogP contribution is -2.38. The molecule has 0 radical (unpaired) electrons. The molecular weight excluding hydrogens is 351 g/mol. The van der Waals surface area contributed by atoms with Crippen LogP contribution in [0, 0.1) is 10.1 Å². The highest BCUT2D eigenvalue weighted by molar-refractivity contribution is 9.09. The Balaban J connectivity index is 2.93. The van der Waals surface area contributed by atoms with Crippen LogP contribution >= 0.6 is 27.5 Å². The number of amides is 1. The van der Waals surface area contributed by atoms with Gasteiger partial charge in [0.1, 0.15) is 5.56 Å². The highest BCUT2D eigenvalue weighted by atomic mass is 79.9. The van der Waals surface area contributed by atoms with Crippen LogP contribution in [0.25, 0.3) is 0 Å². The van der Waals surface area contributed by atoms with Gasteiger partial charge >= 0.3 is 0 Å². The Morgan fingerprint density at radius 2 is 2.30 bits per heavy atom. The number of methoxy groups -OCH3 is 1. The fourth-order valence-electron chi connectivity index (χ4n) is 1.64. The first kappa shape index (κ1) is 16.9. The quantitative estimate of drug-likeness (QED) is 0.457. The molecule has 1 aromatic rings. The summed E-state index contributed by atoms with van der Waals surface area (Å²) in [6.07, 6.45) is 0.654. The van der Waals surface area contributed by atoms with E-state index in [9.17, 15) is 14.9 Å². The molecule has 110 valence electrons. The minimum Gasteiger partial charge on any atom is -0.383 e. The van der Waals surface area contributed by atoms with Gasteiger partial charge in [0.25, 0.3) is 11.6 Å². The molecule has 0 fully saturated rings. The maximum Gasteiger partial charge on any atom is 0.283 e. The topological polar surface area (TPSA) is 81.5 Å². The van der Waals surface area contributed by atoms with Crippen molar-refractivity contribution >= 4 is 39.1 Å². The van der Waals surface area contributed by atoms with Crippen molar-refractivity contribution in [1.29, 1.82) is 0 Å². The first-order valence-corrected chi connectivity index (χ1v) is 7.29. The summed E-state index contributed by atoms with van der Waals surface area (Å²) in [6.45, 7) is 0.332. The molecule has 0 aromatic heterocycles. The number of hydrogen-bond donors (Lipinski definition) is 1. The Morgan fingerprint density at radius 1 is 1.60 bits per heavy atom. The predicted molar refractivity (Wildman–Crippen MR) is 79.6 cm³/mol. The van der Waals surface area contributed by atoms with Gasteiger partial charge in [-0.3, -0.25) is 14.9 Å². The number of rotatable bonds is 7. The predicted octanol–water partition coefficient (Wildman–Crippen LogP) is 2.78. The highest BCUT2D eigenvalue weighted by Crippen LogP contribution is 2.23. The number of carbonyl (C=O) groups excluding carboxylic acids is 1. The Hall–Kier alpha value is -1.18. The summed E-state index contributed by atoms with van der Waals surface area (Å²) < 4.78 is 5.00. The molecule has 0 aliphatic heterocycles. The first-order valence-electron chi connectivity index (χ1n) is 5.79. The molecule has 20 heavy (non-hydrogen) atoms. The van der Waals surface area contributed by atoms with E-state index in [1.165, 1.54) is 19.2 Å². The number of halogens is 2. The van der Waals surface area contributed by atoms with Crippen molar-refractivity contribution < 1.29 is 14.5 Å². The van der Waals surface area contributed by atoms with Crippen LogP contribution in [-0.2, 0) is 4.74 Å². The molecule has 1 amide bonds. The molecule has 0 bridgehead atoms. The van der Waals surface area contributed by atoms with Gasteiger partial charge in [0.2, 0.25) is 0 Å². The summed E-state index contributed by atoms with van der Waals surface area (Å²) in [4.78, 5) is 22.4. The van der Waals surface area contributed by atoms with E-state index in [1.807, 2.05) is 0 Å². The highest BCUT2D eigenvalue weighted by Gasteiger charge is 2.22. The second-order valence-electron chi connectivity index (χ2n) is 4.02. The smallest absolute Gasteiger partial charge is 0.283 e. The van der Waals surface area contributed by atoms with Gasteiger partial charge in [-0.25, -0.2) is 0 Å². The Morgan fingerprint density at radius 3 is 2.85 bits per heavy atom. The number of nitrogens with one attached hydrogen (secondary N) is 1. The molecule has 1 atom stereocenters. The van der Waals surface area contributed by atoms with E-state index >= 15 is 0 Å². The lowest BCUT2D eigenvalue weighted by Gasteiger charge is -2.16. The van der Waals surface area contributed by atoms with E-state index < -0.39 is 10.8 Å². The molecular formula is C12H14BrClN2O4. The van der Waals surface area contributed by atoms with Gasteiger partial charge < -0.3 is 10.1 Å². The molecule has 1 aromatic carbocycles. The Labute approximate surface area is 129 Å². The minimum absolute atomic E-state index is 0.0184. The fraction of sp³-hybridized carbons (Fsp3) is 0.417. The number of ether oxygens (including phenoxy) is 1. The third-order valence-corrected chi connectivity index (χ3v) is 3.25. The number of carbonyl (C=O) groups is 1. The van der Waals surface area contributed by atoms with Crippen LogP contribution in [0.3, 0.4) is 0 Å². The molecule has 1 N–H and O–H groups in total. The lowest BCUT2D eigenvalue weighted by molar-refractivity contribution is -0.385. The summed E-state index contributed by atoms with van der Waals surface area (Å²) in [5.41, 5.74) is -0.333. The molecule has 0 heterocycles. The number of nitrogens with zero attached hydrogens (tertiary/aromatic N) is 1. The van der Waals surface area contributed by atoms with Crippen molar-refractivity contribution in [3.63, 3.8) is 0 Å². The summed E-state index contributed by atoms with van der Waals surface area (Å²) in [6, 6.07) is 3.72. The molecule has 6 nitrogen and oxygen atoms in total. The minimum atomic E-state index is -0.628. The zero-order valence-electron chi connectivity index (χ0n) is 10.8. The van der Waals surface area contributed by atoms with E-state index in [0.29, 0.717) is 18.4 Å². The van der Waals surface area contributed by atoms with Crippen LogP contribution < -0.4 is 5.32 Å². The average Bonchev–Trinajstić information content (AvgIpc) is 2.38. The molecule has 0 saturated heterocycles. The van der Waals surface area contributed by atoms with Crippen LogP contribution in [0.15, 0.2) is 18.2 Å². The standard InChI is InChI=1S/C12H14BrClN2O4/c1-20-7-9(4-5-13)15-12(17)10-3-2-8(14)6-11(10)16(18)19/h2-3,6,9H,4-5,7H2,1H3,(H,15,17). The number of nitro benzene ring substituents is 1. The third-order valence-electron chi connectivity index (χ3n) is 2.56. The summed E-state index contributed by atoms with van der Waals surface area (Å²) in [5, 5.41) is 14.6. The number of alkyl halides is 1. The maximum absolute atomic E-state index is 12.1. The Kier molecular flexibility index (Phi) is 6.90. The normalized spacial score (nSPS) is 11.9. The van der Waals surface area contributed by atoms with E-state index in [2.05, 4.69) is 21.2 Å². The number of benzene rings is 1. The summed E-state index contributed by atoms with van der Waals surface area (Å²) >= 11 is 8.99. The second-order valence-corrected chi connectivity index (χ2v) is 5.25. The molecule has 1 rings (SSSR count). The average molecular weight is 366 g/mol. The van der Waals surface area contributed by atoms with Gasteiger partial charge in [0.15, 0.2) is 0 Å². The van der Waals surface area contributed by atoms with Crippen molar-refractivity contribution in [2.45, 2.75) is 12.5 Å². The first-order chi connectivity index (χ1) is 9.49. The van der Waals surface area contributed by atoms with Crippen molar-refractivity contribution in [3.8, 4) is 0 Å². The van der Waals surface area contributed by atoms with Gasteiger partial charge in [0.05, 0.1) is 17.6 Å². The molecule has 0 aliphatic carbocycles. The molecule has 0 spiro atoms. The van der Waals surface area contributed by atoms with E-state index in [1.54, 1.807) is 0 Å². The third kappa shape index (κ3) is 4.73. The van der Waals surface area contributed by atoms with Crippen LogP contribution in [0.2, 0.25) is 5.02 Å². The van der Waals surface area contributed by atoms with Gasteiger partial charge in [-0.15, -0.1) is 0 Å².